The molecule has 0 saturated carbocycles. The summed E-state index contributed by atoms with van der Waals surface area (Å²) in [4.78, 5) is 0. The first kappa shape index (κ1) is 9.93. The molecule has 0 fully saturated rings. The Labute approximate surface area is 89.0 Å². The smallest absolute Gasteiger partial charge is 0.0681 e. The fourth-order valence-electron chi connectivity index (χ4n) is 1.67. The molecular formula is C12H14N2O. The lowest BCUT2D eigenvalue weighted by Gasteiger charge is -2.00. The van der Waals surface area contributed by atoms with Crippen LogP contribution < -0.4 is 0 Å². The highest BCUT2D eigenvalue weighted by Gasteiger charge is 2.05. The Balaban J connectivity index is 2.41. The Hall–Kier alpha value is -1.61. The van der Waals surface area contributed by atoms with Crippen molar-refractivity contribution in [3.05, 3.63) is 41.7 Å². The minimum atomic E-state index is 0.0896. The predicted octanol–water partition coefficient (Wildman–Crippen LogP) is 1.89. The van der Waals surface area contributed by atoms with E-state index in [2.05, 4.69) is 5.10 Å². The molecule has 78 valence electrons. The van der Waals surface area contributed by atoms with Gasteiger partial charge in [-0.25, -0.2) is 0 Å². The number of aliphatic hydroxyl groups is 1. The minimum Gasteiger partial charge on any atom is -0.392 e. The lowest BCUT2D eigenvalue weighted by molar-refractivity contribution is 0.282. The second kappa shape index (κ2) is 3.87. The van der Waals surface area contributed by atoms with Crippen molar-refractivity contribution in [1.29, 1.82) is 0 Å². The number of aryl methyl sites for hydroxylation is 2. The highest BCUT2D eigenvalue weighted by atomic mass is 16.3. The van der Waals surface area contributed by atoms with Crippen LogP contribution in [0.25, 0.3) is 11.1 Å². The van der Waals surface area contributed by atoms with E-state index in [1.54, 1.807) is 0 Å². The van der Waals surface area contributed by atoms with Gasteiger partial charge in [0.15, 0.2) is 0 Å². The molecule has 0 atom stereocenters. The van der Waals surface area contributed by atoms with Gasteiger partial charge in [-0.05, 0) is 18.1 Å². The maximum absolute atomic E-state index is 8.94. The van der Waals surface area contributed by atoms with Crippen LogP contribution in [0.15, 0.2) is 30.5 Å². The molecular weight excluding hydrogens is 188 g/mol. The summed E-state index contributed by atoms with van der Waals surface area (Å²) < 4.78 is 1.81. The van der Waals surface area contributed by atoms with E-state index < -0.39 is 0 Å². The summed E-state index contributed by atoms with van der Waals surface area (Å²) in [6.45, 7) is 2.08. The van der Waals surface area contributed by atoms with Crippen LogP contribution in [-0.2, 0) is 13.7 Å². The first-order valence-electron chi connectivity index (χ1n) is 4.91. The van der Waals surface area contributed by atoms with E-state index in [1.807, 2.05) is 49.1 Å². The third kappa shape index (κ3) is 1.92. The van der Waals surface area contributed by atoms with Gasteiger partial charge in [-0.15, -0.1) is 0 Å². The quantitative estimate of drug-likeness (QED) is 0.807. The molecule has 2 rings (SSSR count). The molecule has 0 amide bonds. The minimum absolute atomic E-state index is 0.0896. The molecule has 0 saturated heterocycles. The van der Waals surface area contributed by atoms with Crippen molar-refractivity contribution < 1.29 is 5.11 Å². The predicted molar refractivity (Wildman–Crippen MR) is 59.3 cm³/mol. The molecule has 2 aromatic rings. The molecule has 0 unspecified atom stereocenters. The van der Waals surface area contributed by atoms with Gasteiger partial charge in [0, 0.05) is 18.8 Å². The molecule has 1 aromatic carbocycles. The van der Waals surface area contributed by atoms with Crippen molar-refractivity contribution in [2.45, 2.75) is 13.5 Å². The van der Waals surface area contributed by atoms with Crippen LogP contribution in [0.5, 0.6) is 0 Å². The lowest BCUT2D eigenvalue weighted by atomic mass is 10.1. The average Bonchev–Trinajstić information content (AvgIpc) is 2.58. The first-order valence-corrected chi connectivity index (χ1v) is 4.91. The highest BCUT2D eigenvalue weighted by Crippen LogP contribution is 2.22. The van der Waals surface area contributed by atoms with Crippen LogP contribution in [0.4, 0.5) is 0 Å². The number of aromatic nitrogens is 2. The molecule has 0 bridgehead atoms. The van der Waals surface area contributed by atoms with Crippen molar-refractivity contribution in [3.8, 4) is 11.1 Å². The van der Waals surface area contributed by atoms with Crippen LogP contribution in [-0.4, -0.2) is 14.9 Å². The van der Waals surface area contributed by atoms with Crippen LogP contribution in [0.3, 0.4) is 0 Å². The van der Waals surface area contributed by atoms with E-state index in [0.29, 0.717) is 0 Å². The van der Waals surface area contributed by atoms with E-state index >= 15 is 0 Å². The van der Waals surface area contributed by atoms with Gasteiger partial charge in [-0.3, -0.25) is 4.68 Å². The Bertz CT molecular complexity index is 457. The topological polar surface area (TPSA) is 38.0 Å². The van der Waals surface area contributed by atoms with Gasteiger partial charge in [0.25, 0.3) is 0 Å². The van der Waals surface area contributed by atoms with E-state index in [0.717, 1.165) is 22.4 Å². The van der Waals surface area contributed by atoms with Crippen molar-refractivity contribution in [1.82, 2.24) is 9.78 Å². The Kier molecular flexibility index (Phi) is 2.56. The summed E-state index contributed by atoms with van der Waals surface area (Å²) in [7, 11) is 1.92. The third-order valence-electron chi connectivity index (χ3n) is 2.46. The second-order valence-electron chi connectivity index (χ2n) is 3.66. The van der Waals surface area contributed by atoms with Crippen molar-refractivity contribution in [2.75, 3.05) is 0 Å². The second-order valence-corrected chi connectivity index (χ2v) is 3.66. The highest BCUT2D eigenvalue weighted by molar-refractivity contribution is 5.65. The normalized spacial score (nSPS) is 10.6. The number of hydrogen-bond acceptors (Lipinski definition) is 2. The molecule has 1 aromatic heterocycles. The van der Waals surface area contributed by atoms with Gasteiger partial charge in [-0.1, -0.05) is 24.3 Å². The van der Waals surface area contributed by atoms with E-state index in [4.69, 9.17) is 5.11 Å². The Morgan fingerprint density at radius 1 is 1.27 bits per heavy atom. The fourth-order valence-corrected chi connectivity index (χ4v) is 1.67. The SMILES string of the molecule is Cc1nn(C)cc1-c1ccc(CO)cc1. The summed E-state index contributed by atoms with van der Waals surface area (Å²) in [5, 5.41) is 13.2. The Morgan fingerprint density at radius 2 is 1.93 bits per heavy atom. The zero-order valence-corrected chi connectivity index (χ0v) is 8.94. The van der Waals surface area contributed by atoms with Crippen molar-refractivity contribution in [3.63, 3.8) is 0 Å². The molecule has 1 N–H and O–H groups in total. The monoisotopic (exact) mass is 202 g/mol. The van der Waals surface area contributed by atoms with Gasteiger partial charge >= 0.3 is 0 Å². The van der Waals surface area contributed by atoms with Gasteiger partial charge in [0.2, 0.25) is 0 Å². The van der Waals surface area contributed by atoms with E-state index in [9.17, 15) is 0 Å². The molecule has 0 radical (unpaired) electrons. The number of nitrogens with zero attached hydrogens (tertiary/aromatic N) is 2. The van der Waals surface area contributed by atoms with Crippen molar-refractivity contribution >= 4 is 0 Å². The molecule has 15 heavy (non-hydrogen) atoms. The van der Waals surface area contributed by atoms with Crippen LogP contribution in [0.2, 0.25) is 0 Å². The maximum atomic E-state index is 8.94. The summed E-state index contributed by atoms with van der Waals surface area (Å²) in [5.74, 6) is 0. The average molecular weight is 202 g/mol. The van der Waals surface area contributed by atoms with E-state index in [-0.39, 0.29) is 6.61 Å². The molecule has 0 aliphatic rings. The van der Waals surface area contributed by atoms with Gasteiger partial charge in [-0.2, -0.15) is 5.10 Å². The molecule has 0 aliphatic carbocycles. The van der Waals surface area contributed by atoms with Crippen LogP contribution in [0, 0.1) is 6.92 Å². The molecule has 0 spiro atoms. The summed E-state index contributed by atoms with van der Waals surface area (Å²) in [5.41, 5.74) is 4.23. The van der Waals surface area contributed by atoms with Gasteiger partial charge in [0.05, 0.1) is 12.3 Å². The molecule has 1 heterocycles. The zero-order chi connectivity index (χ0) is 10.8. The third-order valence-corrected chi connectivity index (χ3v) is 2.46. The number of rotatable bonds is 2. The fraction of sp³-hybridized carbons (Fsp3) is 0.250. The van der Waals surface area contributed by atoms with Gasteiger partial charge in [0.1, 0.15) is 0 Å². The molecule has 0 aliphatic heterocycles. The first-order chi connectivity index (χ1) is 7.20. The summed E-state index contributed by atoms with van der Waals surface area (Å²) in [6, 6.07) is 7.88. The largest absolute Gasteiger partial charge is 0.392 e. The van der Waals surface area contributed by atoms with Gasteiger partial charge < -0.3 is 5.11 Å². The van der Waals surface area contributed by atoms with E-state index in [1.165, 1.54) is 0 Å². The van der Waals surface area contributed by atoms with Crippen molar-refractivity contribution in [2.24, 2.45) is 7.05 Å². The number of benzene rings is 1. The maximum Gasteiger partial charge on any atom is 0.0681 e. The van der Waals surface area contributed by atoms with Crippen LogP contribution >= 0.6 is 0 Å². The molecule has 3 nitrogen and oxygen atoms in total. The number of aliphatic hydroxyl groups excluding tert-OH is 1. The standard InChI is InChI=1S/C12H14N2O/c1-9-12(7-14(2)13-9)11-5-3-10(8-15)4-6-11/h3-7,15H,8H2,1-2H3. The summed E-state index contributed by atoms with van der Waals surface area (Å²) in [6.07, 6.45) is 2.00. The van der Waals surface area contributed by atoms with Crippen LogP contribution in [0.1, 0.15) is 11.3 Å². The summed E-state index contributed by atoms with van der Waals surface area (Å²) >= 11 is 0. The number of hydrogen-bond donors (Lipinski definition) is 1. The molecule has 3 heteroatoms. The Morgan fingerprint density at radius 3 is 2.40 bits per heavy atom. The zero-order valence-electron chi connectivity index (χ0n) is 8.94. The lowest BCUT2D eigenvalue weighted by Crippen LogP contribution is -1.86.